The van der Waals surface area contributed by atoms with Crippen LogP contribution in [0.5, 0.6) is 0 Å². The van der Waals surface area contributed by atoms with Gasteiger partial charge >= 0.3 is 29.0 Å². The zero-order valence-electron chi connectivity index (χ0n) is 24.4. The number of aromatic nitrogens is 3. The molecule has 43 heavy (non-hydrogen) atoms. The van der Waals surface area contributed by atoms with Crippen LogP contribution in [0.3, 0.4) is 0 Å². The number of aliphatic carboxylic acids is 2. The van der Waals surface area contributed by atoms with Crippen molar-refractivity contribution < 1.29 is 42.0 Å². The fourth-order valence-corrected chi connectivity index (χ4v) is 5.66. The number of allylic oxidation sites excluding steroid dienone is 2. The molecular formula is C33H32FeN4O5. The predicted octanol–water partition coefficient (Wildman–Crippen LogP) is 2.07. The second kappa shape index (κ2) is 12.5. The topological polar surface area (TPSA) is 151 Å². The zero-order chi connectivity index (χ0) is 30.3. The second-order valence-electron chi connectivity index (χ2n) is 10.7. The van der Waals surface area contributed by atoms with Gasteiger partial charge in [0.05, 0.1) is 6.26 Å². The van der Waals surface area contributed by atoms with Crippen LogP contribution in [-0.4, -0.2) is 27.3 Å². The number of aliphatic hydroxyl groups is 1. The molecule has 8 bridgehead atoms. The van der Waals surface area contributed by atoms with Crippen LogP contribution in [0.25, 0.3) is 35.9 Å². The van der Waals surface area contributed by atoms with Crippen molar-refractivity contribution in [3.05, 3.63) is 101 Å². The van der Waals surface area contributed by atoms with Crippen molar-refractivity contribution in [2.75, 3.05) is 0 Å². The molecule has 0 radical (unpaired) electrons. The van der Waals surface area contributed by atoms with E-state index in [2.05, 4.69) is 6.58 Å². The molecule has 10 heteroatoms. The molecule has 2 aliphatic rings. The number of fused-ring (bicyclic) bond motifs is 8. The van der Waals surface area contributed by atoms with Gasteiger partial charge in [0.15, 0.2) is 0 Å². The summed E-state index contributed by atoms with van der Waals surface area (Å²) in [4.78, 5) is 37.6. The fourth-order valence-electron chi connectivity index (χ4n) is 5.66. The van der Waals surface area contributed by atoms with Crippen LogP contribution in [0.15, 0.2) is 29.6 Å². The molecule has 222 valence electrons. The molecule has 0 saturated heterocycles. The van der Waals surface area contributed by atoms with Gasteiger partial charge in [0.1, 0.15) is 0 Å². The number of rotatable bonds is 7. The minimum Gasteiger partial charge on any atom is -0.661 e. The molecular weight excluding hydrogens is 588 g/mol. The Kier molecular flexibility index (Phi) is 9.13. The quantitative estimate of drug-likeness (QED) is 0.268. The maximum absolute atomic E-state index is 11.5. The first-order chi connectivity index (χ1) is 20.0. The first-order valence-electron chi connectivity index (χ1n) is 13.7. The normalized spacial score (nSPS) is 19.5. The van der Waals surface area contributed by atoms with Crippen molar-refractivity contribution in [3.63, 3.8) is 0 Å². The first-order valence-corrected chi connectivity index (χ1v) is 13.7. The molecule has 0 aromatic carbocycles. The van der Waals surface area contributed by atoms with Crippen LogP contribution in [0.2, 0.25) is 0 Å². The molecule has 2 aliphatic heterocycles. The molecule has 1 unspecified atom stereocenters. The van der Waals surface area contributed by atoms with Crippen molar-refractivity contribution >= 4 is 42.5 Å². The number of hydrogen-bond donors (Lipinski definition) is 3. The van der Waals surface area contributed by atoms with E-state index in [1.54, 1.807) is 0 Å². The van der Waals surface area contributed by atoms with Crippen molar-refractivity contribution in [1.82, 2.24) is 15.0 Å². The van der Waals surface area contributed by atoms with E-state index in [0.717, 1.165) is 45.3 Å². The number of carboxylic acid groups (broad SMARTS) is 2. The molecule has 1 atom stereocenters. The summed E-state index contributed by atoms with van der Waals surface area (Å²) in [6, 6.07) is 0. The van der Waals surface area contributed by atoms with E-state index in [1.807, 2.05) is 58.1 Å². The Hall–Kier alpha value is -4.40. The van der Waals surface area contributed by atoms with Crippen LogP contribution in [0.1, 0.15) is 64.7 Å². The summed E-state index contributed by atoms with van der Waals surface area (Å²) in [5.41, 5.74) is 8.38. The maximum atomic E-state index is 11.5. The summed E-state index contributed by atoms with van der Waals surface area (Å²) >= 11 is 0. The van der Waals surface area contributed by atoms with Gasteiger partial charge < -0.3 is 35.6 Å². The standard InChI is InChI=1S/C33H32N4O5.Fe/c1-6-20-16(2)26-13-31-23(15-38)19(5)25(37-31)11-24-17(3)21(7-9-32(39)40)29(35-24)14-30-22(8-10-33(41)42)18(4)27(36-30)12-28(20)34-26;/h6,11-15,20,38H,1,7-10H2,2-5H3,(H,39,40)(H,41,42);/q-4;+4/b23-15-,24-11-,28-12-,29-14-,31-13-;. The third-order valence-corrected chi connectivity index (χ3v) is 8.17. The van der Waals surface area contributed by atoms with Crippen LogP contribution in [0.4, 0.5) is 0 Å². The predicted molar refractivity (Wildman–Crippen MR) is 160 cm³/mol. The van der Waals surface area contributed by atoms with E-state index in [-0.39, 0.29) is 48.7 Å². The Labute approximate surface area is 259 Å². The summed E-state index contributed by atoms with van der Waals surface area (Å²) in [7, 11) is 0. The Bertz CT molecular complexity index is 1950. The molecule has 0 amide bonds. The van der Waals surface area contributed by atoms with Gasteiger partial charge in [-0.05, 0) is 45.8 Å². The average Bonchev–Trinajstić information content (AvgIpc) is 3.59. The van der Waals surface area contributed by atoms with Crippen LogP contribution in [-0.2, 0) is 39.5 Å². The van der Waals surface area contributed by atoms with Crippen LogP contribution in [0, 0.1) is 26.7 Å². The first kappa shape index (κ1) is 31.5. The number of aliphatic hydroxyl groups excluding tert-OH is 1. The van der Waals surface area contributed by atoms with E-state index in [9.17, 15) is 24.9 Å². The summed E-state index contributed by atoms with van der Waals surface area (Å²) < 4.78 is 0. The molecule has 0 fully saturated rings. The summed E-state index contributed by atoms with van der Waals surface area (Å²) in [6.45, 7) is 11.7. The van der Waals surface area contributed by atoms with Crippen LogP contribution < -0.4 is 36.2 Å². The molecule has 0 spiro atoms. The Morgan fingerprint density at radius 2 is 1.42 bits per heavy atom. The second-order valence-corrected chi connectivity index (χ2v) is 10.7. The molecule has 3 aromatic heterocycles. The van der Waals surface area contributed by atoms with Crippen molar-refractivity contribution in [2.45, 2.75) is 53.4 Å². The molecule has 5 rings (SSSR count). The minimum absolute atomic E-state index is 0. The smallest absolute Gasteiger partial charge is 0.661 e. The van der Waals surface area contributed by atoms with Gasteiger partial charge in [-0.15, -0.1) is 51.1 Å². The van der Waals surface area contributed by atoms with Gasteiger partial charge in [-0.1, -0.05) is 63.8 Å². The Balaban J connectivity index is 0.00000423. The summed E-state index contributed by atoms with van der Waals surface area (Å²) in [6.07, 6.45) is 10.7. The minimum atomic E-state index is -0.916. The van der Waals surface area contributed by atoms with Gasteiger partial charge in [0, 0.05) is 18.8 Å². The van der Waals surface area contributed by atoms with Gasteiger partial charge in [-0.3, -0.25) is 9.59 Å². The van der Waals surface area contributed by atoms with E-state index >= 15 is 0 Å². The molecule has 0 saturated carbocycles. The maximum Gasteiger partial charge on any atom is 4.00 e. The van der Waals surface area contributed by atoms with E-state index in [4.69, 9.17) is 20.3 Å². The monoisotopic (exact) mass is 620 g/mol. The zero-order valence-corrected chi connectivity index (χ0v) is 25.5. The van der Waals surface area contributed by atoms with Crippen molar-refractivity contribution in [3.8, 4) is 0 Å². The van der Waals surface area contributed by atoms with E-state index < -0.39 is 11.9 Å². The van der Waals surface area contributed by atoms with Gasteiger partial charge in [-0.2, -0.15) is 0 Å². The Morgan fingerprint density at radius 3 is 2.05 bits per heavy atom. The average molecular weight is 620 g/mol. The van der Waals surface area contributed by atoms with Crippen molar-refractivity contribution in [1.29, 1.82) is 0 Å². The third-order valence-electron chi connectivity index (χ3n) is 8.17. The van der Waals surface area contributed by atoms with E-state index in [1.165, 1.54) is 0 Å². The number of hydrogen-bond acceptors (Lipinski definition) is 3. The number of carboxylic acids is 2. The largest absolute Gasteiger partial charge is 4.00 e. The molecule has 9 nitrogen and oxygen atoms in total. The number of carbonyl (C=O) groups is 2. The fraction of sp³-hybridized carbons (Fsp3) is 0.273. The van der Waals surface area contributed by atoms with E-state index in [0.29, 0.717) is 44.0 Å². The molecule has 3 aromatic rings. The van der Waals surface area contributed by atoms with Gasteiger partial charge in [-0.25, -0.2) is 0 Å². The SMILES string of the molecule is C=CC1C(C)=C2/C=c3\[n-]c(c(C)\c3=C\O)/C=c3\[n-]/c(c(CCC(=O)O)c3C)=C\c3[n-]c(c(C)c3CCC(=O)O)/C=C/1[N-]2.[Fe+4]. The summed E-state index contributed by atoms with van der Waals surface area (Å²) in [5, 5.41) is 36.2. The van der Waals surface area contributed by atoms with Crippen molar-refractivity contribution in [2.24, 2.45) is 5.92 Å². The Morgan fingerprint density at radius 1 is 0.791 bits per heavy atom. The number of nitrogens with zero attached hydrogens (tertiary/aromatic N) is 4. The van der Waals surface area contributed by atoms with Gasteiger partial charge in [0.25, 0.3) is 0 Å². The third kappa shape index (κ3) is 5.94. The molecule has 0 aliphatic carbocycles. The van der Waals surface area contributed by atoms with Gasteiger partial charge in [0.2, 0.25) is 0 Å². The van der Waals surface area contributed by atoms with Crippen LogP contribution >= 0.6 is 0 Å². The molecule has 3 N–H and O–H groups in total. The molecule has 5 heterocycles. The summed E-state index contributed by atoms with van der Waals surface area (Å²) in [5.74, 6) is -1.98.